The molecule has 0 unspecified atom stereocenters. The van der Waals surface area contributed by atoms with Gasteiger partial charge >= 0.3 is 0 Å². The number of rotatable bonds is 7. The van der Waals surface area contributed by atoms with Crippen molar-refractivity contribution < 1.29 is 13.9 Å². The molecule has 0 aliphatic heterocycles. The largest absolute Gasteiger partial charge is 0.383 e. The highest BCUT2D eigenvalue weighted by Crippen LogP contribution is 2.04. The summed E-state index contributed by atoms with van der Waals surface area (Å²) in [6.07, 6.45) is 1.51. The average molecular weight is 304 g/mol. The van der Waals surface area contributed by atoms with Crippen LogP contribution in [-0.4, -0.2) is 36.1 Å². The summed E-state index contributed by atoms with van der Waals surface area (Å²) in [5, 5.41) is 5.68. The van der Waals surface area contributed by atoms with Crippen molar-refractivity contribution >= 4 is 11.9 Å². The van der Waals surface area contributed by atoms with Gasteiger partial charge < -0.3 is 15.4 Å². The van der Waals surface area contributed by atoms with Crippen LogP contribution in [0.5, 0.6) is 0 Å². The standard InChI is InChI=1S/C15H17FN4O2/c1-22-9-8-18-15-17-7-6-13(20-15)14(21)19-10-11-2-4-12(16)5-3-11/h2-7H,8-10H2,1H3,(H,19,21)(H,17,18,20). The van der Waals surface area contributed by atoms with Gasteiger partial charge in [0.15, 0.2) is 0 Å². The highest BCUT2D eigenvalue weighted by Gasteiger charge is 2.08. The van der Waals surface area contributed by atoms with Gasteiger partial charge in [-0.05, 0) is 23.8 Å². The Hall–Kier alpha value is -2.54. The molecule has 0 aliphatic rings. The number of carbonyl (C=O) groups excluding carboxylic acids is 1. The number of benzene rings is 1. The minimum Gasteiger partial charge on any atom is -0.383 e. The van der Waals surface area contributed by atoms with E-state index in [0.717, 1.165) is 5.56 Å². The summed E-state index contributed by atoms with van der Waals surface area (Å²) in [6.45, 7) is 1.37. The quantitative estimate of drug-likeness (QED) is 0.760. The van der Waals surface area contributed by atoms with Gasteiger partial charge in [0.2, 0.25) is 5.95 Å². The van der Waals surface area contributed by atoms with Crippen LogP contribution in [0.25, 0.3) is 0 Å². The van der Waals surface area contributed by atoms with Crippen molar-refractivity contribution in [3.63, 3.8) is 0 Å². The summed E-state index contributed by atoms with van der Waals surface area (Å²) >= 11 is 0. The number of aromatic nitrogens is 2. The number of methoxy groups -OCH3 is 1. The van der Waals surface area contributed by atoms with Crippen LogP contribution < -0.4 is 10.6 Å². The molecule has 7 heteroatoms. The molecule has 2 N–H and O–H groups in total. The third kappa shape index (κ3) is 4.78. The first-order valence-electron chi connectivity index (χ1n) is 6.77. The Morgan fingerprint density at radius 3 is 2.77 bits per heavy atom. The number of ether oxygens (including phenoxy) is 1. The Kier molecular flexibility index (Phi) is 5.79. The maximum absolute atomic E-state index is 12.8. The van der Waals surface area contributed by atoms with Crippen molar-refractivity contribution in [3.8, 4) is 0 Å². The fourth-order valence-corrected chi connectivity index (χ4v) is 1.71. The number of anilines is 1. The van der Waals surface area contributed by atoms with Crippen LogP contribution >= 0.6 is 0 Å². The Morgan fingerprint density at radius 2 is 2.05 bits per heavy atom. The number of nitrogens with one attached hydrogen (secondary N) is 2. The average Bonchev–Trinajstić information content (AvgIpc) is 2.54. The summed E-state index contributed by atoms with van der Waals surface area (Å²) in [5.41, 5.74) is 1.07. The summed E-state index contributed by atoms with van der Waals surface area (Å²) in [4.78, 5) is 20.2. The molecule has 0 radical (unpaired) electrons. The predicted molar refractivity (Wildman–Crippen MR) is 80.0 cm³/mol. The molecule has 2 rings (SSSR count). The van der Waals surface area contributed by atoms with E-state index in [-0.39, 0.29) is 17.4 Å². The van der Waals surface area contributed by atoms with E-state index in [4.69, 9.17) is 4.74 Å². The second-order valence-electron chi connectivity index (χ2n) is 4.49. The van der Waals surface area contributed by atoms with Crippen molar-refractivity contribution in [1.82, 2.24) is 15.3 Å². The van der Waals surface area contributed by atoms with E-state index in [2.05, 4.69) is 20.6 Å². The van der Waals surface area contributed by atoms with E-state index in [1.807, 2.05) is 0 Å². The molecule has 6 nitrogen and oxygen atoms in total. The molecule has 0 bridgehead atoms. The molecule has 2 aromatic rings. The second-order valence-corrected chi connectivity index (χ2v) is 4.49. The number of hydrogen-bond donors (Lipinski definition) is 2. The fourth-order valence-electron chi connectivity index (χ4n) is 1.71. The highest BCUT2D eigenvalue weighted by atomic mass is 19.1. The van der Waals surface area contributed by atoms with E-state index in [1.54, 1.807) is 19.2 Å². The van der Waals surface area contributed by atoms with Gasteiger partial charge in [0.05, 0.1) is 6.61 Å². The third-order valence-corrected chi connectivity index (χ3v) is 2.84. The van der Waals surface area contributed by atoms with E-state index < -0.39 is 0 Å². The third-order valence-electron chi connectivity index (χ3n) is 2.84. The van der Waals surface area contributed by atoms with Crippen LogP contribution in [0.4, 0.5) is 10.3 Å². The molecular formula is C15H17FN4O2. The van der Waals surface area contributed by atoms with Gasteiger partial charge in [0.25, 0.3) is 5.91 Å². The number of carbonyl (C=O) groups is 1. The molecular weight excluding hydrogens is 287 g/mol. The van der Waals surface area contributed by atoms with Crippen LogP contribution in [0.1, 0.15) is 16.1 Å². The SMILES string of the molecule is COCCNc1nccc(C(=O)NCc2ccc(F)cc2)n1. The lowest BCUT2D eigenvalue weighted by molar-refractivity contribution is 0.0946. The first-order valence-corrected chi connectivity index (χ1v) is 6.77. The first-order chi connectivity index (χ1) is 10.7. The number of hydrogen-bond acceptors (Lipinski definition) is 5. The predicted octanol–water partition coefficient (Wildman–Crippen LogP) is 1.60. The van der Waals surface area contributed by atoms with E-state index in [1.165, 1.54) is 24.4 Å². The monoisotopic (exact) mass is 304 g/mol. The molecule has 1 heterocycles. The maximum Gasteiger partial charge on any atom is 0.270 e. The van der Waals surface area contributed by atoms with Crippen molar-refractivity contribution in [2.45, 2.75) is 6.54 Å². The van der Waals surface area contributed by atoms with Crippen LogP contribution in [0.3, 0.4) is 0 Å². The molecule has 0 spiro atoms. The number of halogens is 1. The molecule has 0 aliphatic carbocycles. The van der Waals surface area contributed by atoms with Crippen molar-refractivity contribution in [2.24, 2.45) is 0 Å². The molecule has 22 heavy (non-hydrogen) atoms. The van der Waals surface area contributed by atoms with E-state index in [9.17, 15) is 9.18 Å². The Labute approximate surface area is 127 Å². The summed E-state index contributed by atoms with van der Waals surface area (Å²) in [5.74, 6) is -0.259. The lowest BCUT2D eigenvalue weighted by atomic mass is 10.2. The van der Waals surface area contributed by atoms with Gasteiger partial charge in [-0.3, -0.25) is 4.79 Å². The summed E-state index contributed by atoms with van der Waals surface area (Å²) in [6, 6.07) is 7.47. The number of nitrogens with zero attached hydrogens (tertiary/aromatic N) is 2. The second kappa shape index (κ2) is 8.04. The molecule has 0 saturated heterocycles. The lowest BCUT2D eigenvalue weighted by Crippen LogP contribution is -2.24. The van der Waals surface area contributed by atoms with Crippen molar-refractivity contribution in [2.75, 3.05) is 25.6 Å². The highest BCUT2D eigenvalue weighted by molar-refractivity contribution is 5.92. The van der Waals surface area contributed by atoms with E-state index >= 15 is 0 Å². The van der Waals surface area contributed by atoms with E-state index in [0.29, 0.717) is 25.6 Å². The maximum atomic E-state index is 12.8. The van der Waals surface area contributed by atoms with Crippen molar-refractivity contribution in [1.29, 1.82) is 0 Å². The smallest absolute Gasteiger partial charge is 0.270 e. The molecule has 1 aromatic heterocycles. The van der Waals surface area contributed by atoms with Crippen LogP contribution in [0, 0.1) is 5.82 Å². The zero-order valence-electron chi connectivity index (χ0n) is 12.2. The summed E-state index contributed by atoms with van der Waals surface area (Å²) < 4.78 is 17.7. The molecule has 0 atom stereocenters. The van der Waals surface area contributed by atoms with Crippen molar-refractivity contribution in [3.05, 3.63) is 53.6 Å². The molecule has 1 amide bonds. The summed E-state index contributed by atoms with van der Waals surface area (Å²) in [7, 11) is 1.60. The van der Waals surface area contributed by atoms with Crippen LogP contribution in [0.2, 0.25) is 0 Å². The zero-order chi connectivity index (χ0) is 15.8. The molecule has 0 fully saturated rings. The zero-order valence-corrected chi connectivity index (χ0v) is 12.2. The molecule has 1 aromatic carbocycles. The Bertz CT molecular complexity index is 619. The molecule has 116 valence electrons. The number of amides is 1. The van der Waals surface area contributed by atoms with Gasteiger partial charge in [0.1, 0.15) is 11.5 Å². The first kappa shape index (κ1) is 15.8. The topological polar surface area (TPSA) is 76.1 Å². The normalized spacial score (nSPS) is 10.3. The Morgan fingerprint density at radius 1 is 1.27 bits per heavy atom. The van der Waals surface area contributed by atoms with Gasteiger partial charge in [-0.1, -0.05) is 12.1 Å². The van der Waals surface area contributed by atoms with Gasteiger partial charge in [-0.25, -0.2) is 14.4 Å². The van der Waals surface area contributed by atoms with Gasteiger partial charge in [-0.15, -0.1) is 0 Å². The molecule has 0 saturated carbocycles. The van der Waals surface area contributed by atoms with Gasteiger partial charge in [0, 0.05) is 26.4 Å². The van der Waals surface area contributed by atoms with Crippen LogP contribution in [-0.2, 0) is 11.3 Å². The minimum atomic E-state index is -0.318. The Balaban J connectivity index is 1.91. The lowest BCUT2D eigenvalue weighted by Gasteiger charge is -2.07. The van der Waals surface area contributed by atoms with Gasteiger partial charge in [-0.2, -0.15) is 0 Å². The van der Waals surface area contributed by atoms with Crippen LogP contribution in [0.15, 0.2) is 36.5 Å². The minimum absolute atomic E-state index is 0.261. The fraction of sp³-hybridized carbons (Fsp3) is 0.267.